The molecule has 0 aliphatic heterocycles. The first-order chi connectivity index (χ1) is 14.5. The lowest BCUT2D eigenvalue weighted by Crippen LogP contribution is -2.07. The molecule has 2 aromatic carbocycles. The summed E-state index contributed by atoms with van der Waals surface area (Å²) in [5, 5.41) is 0. The molecular weight excluding hydrogens is 384 g/mol. The molecule has 0 heterocycles. The lowest BCUT2D eigenvalue weighted by Gasteiger charge is -2.16. The number of hydrogen-bond donors (Lipinski definition) is 0. The van der Waals surface area contributed by atoms with Crippen molar-refractivity contribution in [2.24, 2.45) is 0 Å². The van der Waals surface area contributed by atoms with Gasteiger partial charge in [-0.25, -0.2) is 9.59 Å². The molecule has 2 aromatic rings. The fourth-order valence-electron chi connectivity index (χ4n) is 2.88. The molecule has 0 amide bonds. The highest BCUT2D eigenvalue weighted by atomic mass is 16.5. The van der Waals surface area contributed by atoms with E-state index < -0.39 is 11.9 Å². The van der Waals surface area contributed by atoms with Crippen molar-refractivity contribution in [3.63, 3.8) is 0 Å². The number of ether oxygens (including phenoxy) is 4. The third kappa shape index (κ3) is 5.71. The van der Waals surface area contributed by atoms with Crippen molar-refractivity contribution in [2.45, 2.75) is 13.2 Å². The molecule has 2 rings (SSSR count). The normalized spacial score (nSPS) is 10.0. The van der Waals surface area contributed by atoms with Crippen LogP contribution in [0.1, 0.15) is 31.8 Å². The van der Waals surface area contributed by atoms with Crippen molar-refractivity contribution in [3.8, 4) is 35.8 Å². The molecule has 0 radical (unpaired) electrons. The van der Waals surface area contributed by atoms with E-state index in [0.29, 0.717) is 11.1 Å². The molecule has 6 nitrogen and oxygen atoms in total. The molecule has 0 bridgehead atoms. The number of hydrogen-bond acceptors (Lipinski definition) is 6. The van der Waals surface area contributed by atoms with Crippen molar-refractivity contribution in [2.75, 3.05) is 27.4 Å². The monoisotopic (exact) mass is 406 g/mol. The topological polar surface area (TPSA) is 71.1 Å². The minimum atomic E-state index is -0.460. The Morgan fingerprint density at radius 1 is 0.767 bits per heavy atom. The summed E-state index contributed by atoms with van der Waals surface area (Å²) in [5.41, 5.74) is 3.84. The number of methoxy groups -OCH3 is 2. The predicted molar refractivity (Wildman–Crippen MR) is 112 cm³/mol. The fraction of sp³-hybridized carbons (Fsp3) is 0.250. The lowest BCUT2D eigenvalue weighted by molar-refractivity contribution is 0.0591. The van der Waals surface area contributed by atoms with E-state index in [0.717, 1.165) is 22.3 Å². The van der Waals surface area contributed by atoms with E-state index in [1.54, 1.807) is 36.4 Å². The molecule has 0 aliphatic carbocycles. The van der Waals surface area contributed by atoms with E-state index in [1.807, 2.05) is 0 Å². The Balaban J connectivity index is 2.55. The predicted octanol–water partition coefficient (Wildman–Crippen LogP) is 3.23. The van der Waals surface area contributed by atoms with E-state index in [4.69, 9.17) is 31.8 Å². The van der Waals surface area contributed by atoms with Gasteiger partial charge in [-0.2, -0.15) is 0 Å². The van der Waals surface area contributed by atoms with E-state index in [9.17, 15) is 9.59 Å². The zero-order valence-corrected chi connectivity index (χ0v) is 16.9. The van der Waals surface area contributed by atoms with Gasteiger partial charge in [0.1, 0.15) is 13.2 Å². The van der Waals surface area contributed by atoms with Crippen LogP contribution >= 0.6 is 0 Å². The second kappa shape index (κ2) is 11.4. The summed E-state index contributed by atoms with van der Waals surface area (Å²) in [5.74, 6) is 3.91. The van der Waals surface area contributed by atoms with Gasteiger partial charge in [-0.05, 0) is 46.5 Å². The fourth-order valence-corrected chi connectivity index (χ4v) is 2.88. The van der Waals surface area contributed by atoms with Crippen molar-refractivity contribution < 1.29 is 28.5 Å². The number of rotatable bonds is 9. The van der Waals surface area contributed by atoms with Gasteiger partial charge in [-0.15, -0.1) is 12.8 Å². The van der Waals surface area contributed by atoms with Gasteiger partial charge in [0.25, 0.3) is 0 Å². The second-order valence-electron chi connectivity index (χ2n) is 6.12. The van der Waals surface area contributed by atoms with Crippen LogP contribution in [0.25, 0.3) is 11.1 Å². The summed E-state index contributed by atoms with van der Waals surface area (Å²) >= 11 is 0. The van der Waals surface area contributed by atoms with Crippen LogP contribution in [-0.4, -0.2) is 39.4 Å². The van der Waals surface area contributed by atoms with Crippen molar-refractivity contribution >= 4 is 11.9 Å². The van der Waals surface area contributed by atoms with Gasteiger partial charge in [-0.3, -0.25) is 0 Å². The first-order valence-corrected chi connectivity index (χ1v) is 9.01. The van der Waals surface area contributed by atoms with Crippen molar-refractivity contribution in [3.05, 3.63) is 58.7 Å². The van der Waals surface area contributed by atoms with Gasteiger partial charge in [0, 0.05) is 0 Å². The van der Waals surface area contributed by atoms with Gasteiger partial charge in [0.15, 0.2) is 0 Å². The van der Waals surface area contributed by atoms with Gasteiger partial charge in [-0.1, -0.05) is 24.0 Å². The molecule has 0 aromatic heterocycles. The molecule has 0 aliphatic rings. The summed E-state index contributed by atoms with van der Waals surface area (Å²) in [7, 11) is 2.63. The average molecular weight is 406 g/mol. The molecule has 0 spiro atoms. The van der Waals surface area contributed by atoms with E-state index in [2.05, 4.69) is 11.8 Å². The molecule has 6 heteroatoms. The van der Waals surface area contributed by atoms with E-state index in [-0.39, 0.29) is 26.4 Å². The van der Waals surface area contributed by atoms with Crippen LogP contribution in [-0.2, 0) is 32.2 Å². The average Bonchev–Trinajstić information content (AvgIpc) is 2.78. The van der Waals surface area contributed by atoms with Crippen LogP contribution in [0, 0.1) is 24.7 Å². The minimum Gasteiger partial charge on any atom is -0.465 e. The maximum atomic E-state index is 12.0. The lowest BCUT2D eigenvalue weighted by atomic mass is 9.93. The summed E-state index contributed by atoms with van der Waals surface area (Å²) in [4.78, 5) is 23.9. The second-order valence-corrected chi connectivity index (χ2v) is 6.12. The first kappa shape index (κ1) is 22.7. The third-order valence-electron chi connectivity index (χ3n) is 4.23. The standard InChI is InChI=1S/C24H22O6/c1-5-11-29-15-19-13-17(23(25)27-3)7-9-21(19)22-10-8-18(24(26)28-4)14-20(22)16-30-12-6-2/h1-2,7-10,13-14H,11-12,15-16H2,3-4H3. The molecule has 0 atom stereocenters. The molecule has 0 saturated heterocycles. The molecular formula is C24H22O6. The summed E-state index contributed by atoms with van der Waals surface area (Å²) in [6, 6.07) is 10.3. The van der Waals surface area contributed by atoms with Crippen LogP contribution < -0.4 is 0 Å². The molecule has 0 saturated carbocycles. The quantitative estimate of drug-likeness (QED) is 0.362. The highest BCUT2D eigenvalue weighted by Crippen LogP contribution is 2.30. The summed E-state index contributed by atoms with van der Waals surface area (Å²) in [6.07, 6.45) is 10.5. The Labute approximate surface area is 176 Å². The van der Waals surface area contributed by atoms with Crippen LogP contribution in [0.15, 0.2) is 36.4 Å². The number of carbonyl (C=O) groups is 2. The maximum absolute atomic E-state index is 12.0. The Bertz CT molecular complexity index is 912. The summed E-state index contributed by atoms with van der Waals surface area (Å²) < 4.78 is 20.6. The van der Waals surface area contributed by atoms with Crippen molar-refractivity contribution in [1.82, 2.24) is 0 Å². The Morgan fingerprint density at radius 3 is 1.50 bits per heavy atom. The highest BCUT2D eigenvalue weighted by Gasteiger charge is 2.16. The third-order valence-corrected chi connectivity index (χ3v) is 4.23. The van der Waals surface area contributed by atoms with Gasteiger partial charge < -0.3 is 18.9 Å². The zero-order valence-electron chi connectivity index (χ0n) is 16.9. The Morgan fingerprint density at radius 2 is 1.17 bits per heavy atom. The molecule has 0 N–H and O–H groups in total. The highest BCUT2D eigenvalue weighted by molar-refractivity contribution is 5.92. The van der Waals surface area contributed by atoms with E-state index in [1.165, 1.54) is 14.2 Å². The van der Waals surface area contributed by atoms with Crippen LogP contribution in [0.4, 0.5) is 0 Å². The van der Waals surface area contributed by atoms with Crippen molar-refractivity contribution in [1.29, 1.82) is 0 Å². The Kier molecular flexibility index (Phi) is 8.65. The largest absolute Gasteiger partial charge is 0.465 e. The van der Waals surface area contributed by atoms with Gasteiger partial charge >= 0.3 is 11.9 Å². The SMILES string of the molecule is C#CCOCc1cc(C(=O)OC)ccc1-c1ccc(C(=O)OC)cc1COCC#C. The minimum absolute atomic E-state index is 0.126. The molecule has 30 heavy (non-hydrogen) atoms. The summed E-state index contributed by atoms with van der Waals surface area (Å²) in [6.45, 7) is 0.629. The first-order valence-electron chi connectivity index (χ1n) is 9.01. The van der Waals surface area contributed by atoms with E-state index >= 15 is 0 Å². The smallest absolute Gasteiger partial charge is 0.337 e. The maximum Gasteiger partial charge on any atom is 0.337 e. The van der Waals surface area contributed by atoms with Gasteiger partial charge in [0.2, 0.25) is 0 Å². The number of carbonyl (C=O) groups excluding carboxylic acids is 2. The van der Waals surface area contributed by atoms with Gasteiger partial charge in [0.05, 0.1) is 38.6 Å². The molecule has 0 unspecified atom stereocenters. The molecule has 0 fully saturated rings. The Hall–Kier alpha value is -3.58. The van der Waals surface area contributed by atoms with Crippen LogP contribution in [0.3, 0.4) is 0 Å². The molecule has 154 valence electrons. The number of esters is 2. The zero-order chi connectivity index (χ0) is 21.9. The number of benzene rings is 2. The van der Waals surface area contributed by atoms with Crippen LogP contribution in [0.5, 0.6) is 0 Å². The number of terminal acetylenes is 2. The van der Waals surface area contributed by atoms with Crippen LogP contribution in [0.2, 0.25) is 0 Å².